The molecule has 0 heterocycles. The summed E-state index contributed by atoms with van der Waals surface area (Å²) in [5.41, 5.74) is 1.29. The Labute approximate surface area is 112 Å². The Balaban J connectivity index is 3.11. The molecule has 18 heavy (non-hydrogen) atoms. The number of benzene rings is 1. The minimum atomic E-state index is -1.09. The van der Waals surface area contributed by atoms with Gasteiger partial charge in [0, 0.05) is 0 Å². The predicted octanol–water partition coefficient (Wildman–Crippen LogP) is 1.62. The zero-order chi connectivity index (χ0) is 13.9. The molecule has 0 amide bonds. The molecule has 0 radical (unpaired) electrons. The number of aryl methyl sites for hydroxylation is 1. The highest BCUT2D eigenvalue weighted by Gasteiger charge is 2.21. The molecule has 1 aromatic carbocycles. The van der Waals surface area contributed by atoms with Gasteiger partial charge >= 0.3 is 0 Å². The number of Topliss-reactive ketones (excluding diaryl/α,β-unsaturated/α-hetero) is 1. The van der Waals surface area contributed by atoms with Crippen LogP contribution in [0.1, 0.15) is 40.9 Å². The number of phenols is 1. The Hall–Kier alpha value is -1.04. The van der Waals surface area contributed by atoms with E-state index in [4.69, 9.17) is 0 Å². The van der Waals surface area contributed by atoms with Crippen molar-refractivity contribution < 1.29 is 20.1 Å². The summed E-state index contributed by atoms with van der Waals surface area (Å²) >= 11 is 3.99. The summed E-state index contributed by atoms with van der Waals surface area (Å²) in [5, 5.41) is 29.4. The summed E-state index contributed by atoms with van der Waals surface area (Å²) in [4.78, 5) is 11.3. The third kappa shape index (κ3) is 3.25. The summed E-state index contributed by atoms with van der Waals surface area (Å²) in [5.74, 6) is 0.0298. The van der Waals surface area contributed by atoms with Crippen LogP contribution in [0.15, 0.2) is 12.1 Å². The number of aliphatic hydroxyl groups excluding tert-OH is 2. The minimum absolute atomic E-state index is 0.180. The average molecular weight is 270 g/mol. The van der Waals surface area contributed by atoms with Crippen molar-refractivity contribution in [2.24, 2.45) is 0 Å². The number of hydrogen-bond acceptors (Lipinski definition) is 5. The molecule has 2 unspecified atom stereocenters. The molecule has 4 nitrogen and oxygen atoms in total. The second-order valence-corrected chi connectivity index (χ2v) is 4.75. The third-order valence-corrected chi connectivity index (χ3v) is 3.13. The second-order valence-electron chi connectivity index (χ2n) is 4.31. The van der Waals surface area contributed by atoms with Gasteiger partial charge < -0.3 is 15.3 Å². The lowest BCUT2D eigenvalue weighted by molar-refractivity contribution is 0.0167. The number of carbonyl (C=O) groups excluding carboxylic acids is 1. The van der Waals surface area contributed by atoms with Gasteiger partial charge in [0.2, 0.25) is 0 Å². The fraction of sp³-hybridized carbons (Fsp3) is 0.462. The molecule has 0 fully saturated rings. The zero-order valence-electron chi connectivity index (χ0n) is 10.4. The molecule has 100 valence electrons. The summed E-state index contributed by atoms with van der Waals surface area (Å²) in [7, 11) is 0. The maximum absolute atomic E-state index is 11.3. The van der Waals surface area contributed by atoms with Crippen LogP contribution in [-0.4, -0.2) is 33.0 Å². The smallest absolute Gasteiger partial charge is 0.163 e. The molecule has 0 aliphatic rings. The summed E-state index contributed by atoms with van der Waals surface area (Å²) < 4.78 is 0. The van der Waals surface area contributed by atoms with E-state index in [2.05, 4.69) is 12.6 Å². The third-order valence-electron chi connectivity index (χ3n) is 2.87. The van der Waals surface area contributed by atoms with Gasteiger partial charge in [0.1, 0.15) is 11.9 Å². The Morgan fingerprint density at radius 3 is 2.50 bits per heavy atom. The Morgan fingerprint density at radius 1 is 1.39 bits per heavy atom. The molecule has 0 saturated carbocycles. The van der Waals surface area contributed by atoms with Crippen LogP contribution in [0, 0.1) is 6.92 Å². The van der Waals surface area contributed by atoms with E-state index < -0.39 is 12.2 Å². The SMILES string of the molecule is CC(=O)c1cc(C)c(C(O)C(O)CCS)cc1O. The number of rotatable bonds is 5. The van der Waals surface area contributed by atoms with E-state index in [9.17, 15) is 20.1 Å². The lowest BCUT2D eigenvalue weighted by atomic mass is 9.95. The maximum atomic E-state index is 11.3. The molecule has 0 saturated heterocycles. The quantitative estimate of drug-likeness (QED) is 0.484. The predicted molar refractivity (Wildman–Crippen MR) is 72.3 cm³/mol. The molecule has 0 spiro atoms. The van der Waals surface area contributed by atoms with Crippen LogP contribution in [0.25, 0.3) is 0 Å². The van der Waals surface area contributed by atoms with Gasteiger partial charge in [0.25, 0.3) is 0 Å². The van der Waals surface area contributed by atoms with Gasteiger partial charge in [-0.1, -0.05) is 0 Å². The second kappa shape index (κ2) is 6.22. The topological polar surface area (TPSA) is 77.8 Å². The molecular formula is C13H18O4S. The van der Waals surface area contributed by atoms with Gasteiger partial charge in [0.15, 0.2) is 5.78 Å². The highest BCUT2D eigenvalue weighted by atomic mass is 32.1. The van der Waals surface area contributed by atoms with Crippen LogP contribution in [0.3, 0.4) is 0 Å². The van der Waals surface area contributed by atoms with Crippen molar-refractivity contribution in [2.45, 2.75) is 32.5 Å². The van der Waals surface area contributed by atoms with E-state index in [0.717, 1.165) is 0 Å². The van der Waals surface area contributed by atoms with Gasteiger partial charge in [-0.3, -0.25) is 4.79 Å². The monoisotopic (exact) mass is 270 g/mol. The summed E-state index contributed by atoms with van der Waals surface area (Å²) in [6, 6.07) is 2.85. The van der Waals surface area contributed by atoms with Crippen molar-refractivity contribution in [3.05, 3.63) is 28.8 Å². The summed E-state index contributed by atoms with van der Waals surface area (Å²) in [6.45, 7) is 3.08. The Kier molecular flexibility index (Phi) is 5.19. The van der Waals surface area contributed by atoms with Crippen LogP contribution in [0.5, 0.6) is 5.75 Å². The number of phenolic OH excluding ortho intramolecular Hbond substituents is 1. The lowest BCUT2D eigenvalue weighted by Crippen LogP contribution is -2.19. The van der Waals surface area contributed by atoms with Crippen LogP contribution in [-0.2, 0) is 0 Å². The van der Waals surface area contributed by atoms with Gasteiger partial charge in [-0.05, 0) is 49.3 Å². The van der Waals surface area contributed by atoms with Crippen molar-refractivity contribution in [3.8, 4) is 5.75 Å². The van der Waals surface area contributed by atoms with Gasteiger partial charge in [-0.15, -0.1) is 0 Å². The molecule has 5 heteroatoms. The minimum Gasteiger partial charge on any atom is -0.507 e. The van der Waals surface area contributed by atoms with Gasteiger partial charge in [-0.25, -0.2) is 0 Å². The fourth-order valence-electron chi connectivity index (χ4n) is 1.81. The molecule has 0 aliphatic heterocycles. The first kappa shape index (κ1) is 15.0. The van der Waals surface area contributed by atoms with E-state index in [1.54, 1.807) is 6.92 Å². The van der Waals surface area contributed by atoms with Crippen LogP contribution in [0.4, 0.5) is 0 Å². The highest BCUT2D eigenvalue weighted by molar-refractivity contribution is 7.80. The van der Waals surface area contributed by atoms with Crippen molar-refractivity contribution in [1.82, 2.24) is 0 Å². The molecule has 1 aromatic rings. The fourth-order valence-corrected chi connectivity index (χ4v) is 2.08. The molecule has 2 atom stereocenters. The molecule has 3 N–H and O–H groups in total. The van der Waals surface area contributed by atoms with Crippen LogP contribution in [0.2, 0.25) is 0 Å². The normalized spacial score (nSPS) is 14.3. The van der Waals surface area contributed by atoms with Crippen molar-refractivity contribution in [2.75, 3.05) is 5.75 Å². The van der Waals surface area contributed by atoms with Crippen molar-refractivity contribution >= 4 is 18.4 Å². The maximum Gasteiger partial charge on any atom is 0.163 e. The zero-order valence-corrected chi connectivity index (χ0v) is 11.3. The summed E-state index contributed by atoms with van der Waals surface area (Å²) in [6.07, 6.45) is -1.69. The first-order valence-corrected chi connectivity index (χ1v) is 6.33. The molecular weight excluding hydrogens is 252 g/mol. The number of carbonyl (C=O) groups is 1. The molecule has 0 bridgehead atoms. The number of aromatic hydroxyl groups is 1. The number of ketones is 1. The van der Waals surface area contributed by atoms with Gasteiger partial charge in [0.05, 0.1) is 11.7 Å². The number of thiol groups is 1. The molecule has 0 aromatic heterocycles. The first-order valence-electron chi connectivity index (χ1n) is 5.70. The average Bonchev–Trinajstić information content (AvgIpc) is 2.30. The van der Waals surface area contributed by atoms with E-state index in [-0.39, 0.29) is 17.1 Å². The van der Waals surface area contributed by atoms with E-state index >= 15 is 0 Å². The van der Waals surface area contributed by atoms with Gasteiger partial charge in [-0.2, -0.15) is 12.6 Å². The first-order chi connectivity index (χ1) is 8.38. The molecule has 0 aliphatic carbocycles. The number of aliphatic hydroxyl groups is 2. The van der Waals surface area contributed by atoms with E-state index in [1.807, 2.05) is 0 Å². The van der Waals surface area contributed by atoms with Crippen molar-refractivity contribution in [1.29, 1.82) is 0 Å². The Morgan fingerprint density at radius 2 is 2.00 bits per heavy atom. The highest BCUT2D eigenvalue weighted by Crippen LogP contribution is 2.29. The largest absolute Gasteiger partial charge is 0.507 e. The lowest BCUT2D eigenvalue weighted by Gasteiger charge is -2.20. The van der Waals surface area contributed by atoms with E-state index in [1.165, 1.54) is 19.1 Å². The molecule has 1 rings (SSSR count). The Bertz CT molecular complexity index is 445. The van der Waals surface area contributed by atoms with Crippen LogP contribution >= 0.6 is 12.6 Å². The van der Waals surface area contributed by atoms with Crippen molar-refractivity contribution in [3.63, 3.8) is 0 Å². The van der Waals surface area contributed by atoms with E-state index in [0.29, 0.717) is 23.3 Å². The van der Waals surface area contributed by atoms with Crippen LogP contribution < -0.4 is 0 Å². The standard InChI is InChI=1S/C13H18O4S/c1-7-5-10(8(2)14)12(16)6-9(7)13(17)11(15)3-4-18/h5-6,11,13,15-18H,3-4H2,1-2H3. The number of hydrogen-bond donors (Lipinski definition) is 4.